The molecule has 0 radical (unpaired) electrons. The van der Waals surface area contributed by atoms with Gasteiger partial charge in [-0.2, -0.15) is 0 Å². The molecule has 1 aliphatic heterocycles. The molecule has 5 atom stereocenters. The predicted molar refractivity (Wildman–Crippen MR) is 97.3 cm³/mol. The zero-order valence-corrected chi connectivity index (χ0v) is 17.0. The van der Waals surface area contributed by atoms with Gasteiger partial charge in [0.1, 0.15) is 12.7 Å². The summed E-state index contributed by atoms with van der Waals surface area (Å²) in [4.78, 5) is 58.2. The second kappa shape index (κ2) is 11.6. The third-order valence-electron chi connectivity index (χ3n) is 3.62. The summed E-state index contributed by atoms with van der Waals surface area (Å²) in [5.74, 6) is -0.765. The predicted octanol–water partition coefficient (Wildman–Crippen LogP) is -0.998. The smallest absolute Gasteiger partial charge is 0.317 e. The van der Waals surface area contributed by atoms with Crippen molar-refractivity contribution < 1.29 is 47.7 Å². The third-order valence-corrected chi connectivity index (χ3v) is 3.62. The SMILES string of the molecule is C#CCNC(=O)N[C@H]1O[C@H](COC(C)=O)[C@@H](OC(C)=O)[C@H](OC(C)=O)[C@H]1OC(C)=O. The molecule has 30 heavy (non-hydrogen) atoms. The summed E-state index contributed by atoms with van der Waals surface area (Å²) in [6.45, 7) is 3.93. The van der Waals surface area contributed by atoms with Gasteiger partial charge in [0.25, 0.3) is 0 Å². The van der Waals surface area contributed by atoms with E-state index in [2.05, 4.69) is 16.6 Å². The first-order valence-corrected chi connectivity index (χ1v) is 8.83. The van der Waals surface area contributed by atoms with Crippen LogP contribution in [-0.2, 0) is 42.9 Å². The standard InChI is InChI=1S/C18H24N2O10/c1-6-7-19-18(25)20-17-16(29-12(5)24)15(28-11(4)23)14(27-10(3)22)13(30-17)8-26-9(2)21/h1,13-17H,7-8H2,2-5H3,(H2,19,20,25)/t13-,14-,15+,16-,17+/m1/s1. The van der Waals surface area contributed by atoms with Gasteiger partial charge in [0.05, 0.1) is 6.54 Å². The van der Waals surface area contributed by atoms with E-state index in [0.29, 0.717) is 0 Å². The molecule has 0 bridgehead atoms. The van der Waals surface area contributed by atoms with Crippen LogP contribution in [0.15, 0.2) is 0 Å². The Hall–Kier alpha value is -3.33. The number of urea groups is 1. The molecule has 1 heterocycles. The molecule has 1 saturated heterocycles. The Labute approximate surface area is 172 Å². The number of carbonyl (C=O) groups excluding carboxylic acids is 5. The van der Waals surface area contributed by atoms with Gasteiger partial charge in [0.15, 0.2) is 24.5 Å². The summed E-state index contributed by atoms with van der Waals surface area (Å²) in [6, 6.07) is -0.770. The van der Waals surface area contributed by atoms with Crippen molar-refractivity contribution in [3.8, 4) is 12.3 Å². The zero-order chi connectivity index (χ0) is 22.8. The molecule has 12 nitrogen and oxygen atoms in total. The maximum Gasteiger partial charge on any atom is 0.317 e. The fraction of sp³-hybridized carbons (Fsp3) is 0.611. The van der Waals surface area contributed by atoms with Crippen molar-refractivity contribution in [2.45, 2.75) is 58.3 Å². The summed E-state index contributed by atoms with van der Waals surface area (Å²) < 4.78 is 26.2. The van der Waals surface area contributed by atoms with Crippen molar-refractivity contribution in [2.75, 3.05) is 13.2 Å². The highest BCUT2D eigenvalue weighted by atomic mass is 16.7. The van der Waals surface area contributed by atoms with E-state index in [9.17, 15) is 24.0 Å². The number of rotatable bonds is 7. The molecule has 0 unspecified atom stereocenters. The van der Waals surface area contributed by atoms with Crippen LogP contribution in [0.3, 0.4) is 0 Å². The van der Waals surface area contributed by atoms with Crippen molar-refractivity contribution in [1.82, 2.24) is 10.6 Å². The number of amides is 2. The molecule has 0 saturated carbocycles. The second-order valence-electron chi connectivity index (χ2n) is 6.15. The maximum absolute atomic E-state index is 12.0. The molecule has 2 amide bonds. The van der Waals surface area contributed by atoms with E-state index < -0.39 is 67.2 Å². The van der Waals surface area contributed by atoms with Crippen molar-refractivity contribution in [3.63, 3.8) is 0 Å². The van der Waals surface area contributed by atoms with Crippen LogP contribution in [0.4, 0.5) is 4.79 Å². The summed E-state index contributed by atoms with van der Waals surface area (Å²) >= 11 is 0. The monoisotopic (exact) mass is 428 g/mol. The van der Waals surface area contributed by atoms with Gasteiger partial charge in [0.2, 0.25) is 0 Å². The van der Waals surface area contributed by atoms with Crippen LogP contribution in [0.5, 0.6) is 0 Å². The molecule has 1 fully saturated rings. The lowest BCUT2D eigenvalue weighted by molar-refractivity contribution is -0.255. The Morgan fingerprint density at radius 1 is 0.867 bits per heavy atom. The van der Waals surface area contributed by atoms with E-state index in [1.165, 1.54) is 0 Å². The number of hydrogen-bond donors (Lipinski definition) is 2. The van der Waals surface area contributed by atoms with Gasteiger partial charge in [-0.3, -0.25) is 19.2 Å². The van der Waals surface area contributed by atoms with Crippen molar-refractivity contribution >= 4 is 29.9 Å². The molecule has 0 spiro atoms. The Balaban J connectivity index is 3.29. The highest BCUT2D eigenvalue weighted by Crippen LogP contribution is 2.28. The fourth-order valence-electron chi connectivity index (χ4n) is 2.66. The molecule has 0 aromatic carbocycles. The topological polar surface area (TPSA) is 156 Å². The number of esters is 4. The largest absolute Gasteiger partial charge is 0.463 e. The minimum Gasteiger partial charge on any atom is -0.463 e. The number of carbonyl (C=O) groups is 5. The average molecular weight is 428 g/mol. The first-order chi connectivity index (χ1) is 14.0. The van der Waals surface area contributed by atoms with Gasteiger partial charge >= 0.3 is 29.9 Å². The van der Waals surface area contributed by atoms with Crippen LogP contribution >= 0.6 is 0 Å². The van der Waals surface area contributed by atoms with Crippen LogP contribution in [0.2, 0.25) is 0 Å². The highest BCUT2D eigenvalue weighted by molar-refractivity contribution is 5.74. The number of hydrogen-bond acceptors (Lipinski definition) is 10. The van der Waals surface area contributed by atoms with Gasteiger partial charge in [-0.05, 0) is 0 Å². The first-order valence-electron chi connectivity index (χ1n) is 8.83. The van der Waals surface area contributed by atoms with Gasteiger partial charge in [-0.15, -0.1) is 6.42 Å². The van der Waals surface area contributed by atoms with Crippen LogP contribution < -0.4 is 10.6 Å². The summed E-state index contributed by atoms with van der Waals surface area (Å²) in [6.07, 6.45) is -1.50. The average Bonchev–Trinajstić information content (AvgIpc) is 2.62. The maximum atomic E-state index is 12.0. The van der Waals surface area contributed by atoms with E-state index >= 15 is 0 Å². The second-order valence-corrected chi connectivity index (χ2v) is 6.15. The van der Waals surface area contributed by atoms with Gasteiger partial charge < -0.3 is 34.3 Å². The Kier molecular flexibility index (Phi) is 9.57. The number of nitrogens with one attached hydrogen (secondary N) is 2. The minimum absolute atomic E-state index is 0.100. The minimum atomic E-state index is -1.39. The summed E-state index contributed by atoms with van der Waals surface area (Å²) in [7, 11) is 0. The number of ether oxygens (including phenoxy) is 5. The Morgan fingerprint density at radius 2 is 1.40 bits per heavy atom. The van der Waals surface area contributed by atoms with Crippen molar-refractivity contribution in [2.24, 2.45) is 0 Å². The van der Waals surface area contributed by atoms with Gasteiger partial charge in [-0.1, -0.05) is 5.92 Å². The quantitative estimate of drug-likeness (QED) is 0.293. The van der Waals surface area contributed by atoms with E-state index in [0.717, 1.165) is 27.7 Å². The van der Waals surface area contributed by atoms with E-state index in [1.54, 1.807) is 0 Å². The normalized spacial score (nSPS) is 25.1. The molecule has 12 heteroatoms. The molecule has 1 aliphatic rings. The van der Waals surface area contributed by atoms with Crippen LogP contribution in [0, 0.1) is 12.3 Å². The Bertz CT molecular complexity index is 716. The van der Waals surface area contributed by atoms with Crippen LogP contribution in [-0.4, -0.2) is 73.7 Å². The molecule has 0 aromatic rings. The van der Waals surface area contributed by atoms with Gasteiger partial charge in [0, 0.05) is 27.7 Å². The summed E-state index contributed by atoms with van der Waals surface area (Å²) in [5.41, 5.74) is 0. The fourth-order valence-corrected chi connectivity index (χ4v) is 2.66. The molecule has 0 aliphatic carbocycles. The summed E-state index contributed by atoms with van der Waals surface area (Å²) in [5, 5.41) is 4.72. The van der Waals surface area contributed by atoms with Crippen LogP contribution in [0.1, 0.15) is 27.7 Å². The number of terminal acetylenes is 1. The van der Waals surface area contributed by atoms with Gasteiger partial charge in [-0.25, -0.2) is 4.79 Å². The van der Waals surface area contributed by atoms with E-state index in [1.807, 2.05) is 0 Å². The molecular formula is C18H24N2O10. The lowest BCUT2D eigenvalue weighted by Gasteiger charge is -2.44. The molecule has 0 aromatic heterocycles. The molecule has 1 rings (SSSR count). The molecular weight excluding hydrogens is 404 g/mol. The highest BCUT2D eigenvalue weighted by Gasteiger charge is 2.52. The lowest BCUT2D eigenvalue weighted by Crippen LogP contribution is -2.66. The lowest BCUT2D eigenvalue weighted by atomic mass is 9.97. The van der Waals surface area contributed by atoms with Crippen molar-refractivity contribution in [1.29, 1.82) is 0 Å². The van der Waals surface area contributed by atoms with E-state index in [4.69, 9.17) is 30.1 Å². The Morgan fingerprint density at radius 3 is 1.90 bits per heavy atom. The zero-order valence-electron chi connectivity index (χ0n) is 17.0. The third kappa shape index (κ3) is 7.96. The molecule has 2 N–H and O–H groups in total. The van der Waals surface area contributed by atoms with Crippen molar-refractivity contribution in [3.05, 3.63) is 0 Å². The molecule has 166 valence electrons. The van der Waals surface area contributed by atoms with Crippen LogP contribution in [0.25, 0.3) is 0 Å². The van der Waals surface area contributed by atoms with E-state index in [-0.39, 0.29) is 6.54 Å². The first kappa shape index (κ1) is 24.7.